The van der Waals surface area contributed by atoms with Gasteiger partial charge in [-0.15, -0.1) is 16.4 Å². The molecule has 1 N–H and O–H groups in total. The molecular formula is C18H15ClN4OS4. The lowest BCUT2D eigenvalue weighted by Gasteiger charge is -2.08. The number of aromatic amines is 1. The van der Waals surface area contributed by atoms with Gasteiger partial charge in [0.05, 0.1) is 16.3 Å². The minimum absolute atomic E-state index is 0.0703. The molecule has 0 amide bonds. The summed E-state index contributed by atoms with van der Waals surface area (Å²) in [6.07, 6.45) is 0. The molecule has 0 saturated carbocycles. The van der Waals surface area contributed by atoms with Gasteiger partial charge in [-0.3, -0.25) is 4.79 Å². The molecule has 1 atom stereocenters. The zero-order valence-corrected chi connectivity index (χ0v) is 19.2. The van der Waals surface area contributed by atoms with Crippen molar-refractivity contribution >= 4 is 68.5 Å². The van der Waals surface area contributed by atoms with Gasteiger partial charge in [0.1, 0.15) is 10.7 Å². The summed E-state index contributed by atoms with van der Waals surface area (Å²) in [5.41, 5.74) is 1.77. The summed E-state index contributed by atoms with van der Waals surface area (Å²) in [5.74, 6) is 0.642. The number of thiophene rings is 1. The van der Waals surface area contributed by atoms with Crippen LogP contribution in [-0.2, 0) is 0 Å². The van der Waals surface area contributed by atoms with Crippen LogP contribution < -0.4 is 5.56 Å². The first-order valence-corrected chi connectivity index (χ1v) is 11.7. The van der Waals surface area contributed by atoms with Gasteiger partial charge >= 0.3 is 0 Å². The van der Waals surface area contributed by atoms with E-state index in [1.807, 2.05) is 45.0 Å². The highest BCUT2D eigenvalue weighted by Gasteiger charge is 2.18. The van der Waals surface area contributed by atoms with E-state index in [0.717, 1.165) is 25.3 Å². The van der Waals surface area contributed by atoms with Crippen LogP contribution in [0.2, 0.25) is 5.02 Å². The second-order valence-electron chi connectivity index (χ2n) is 6.20. The zero-order valence-electron chi connectivity index (χ0n) is 15.1. The normalized spacial score (nSPS) is 12.6. The van der Waals surface area contributed by atoms with Gasteiger partial charge in [0.25, 0.3) is 5.56 Å². The van der Waals surface area contributed by atoms with Crippen LogP contribution in [0.5, 0.6) is 0 Å². The van der Waals surface area contributed by atoms with Gasteiger partial charge in [0, 0.05) is 9.90 Å². The number of hydrogen-bond donors (Lipinski definition) is 1. The quantitative estimate of drug-likeness (QED) is 0.291. The molecular weight excluding hydrogens is 452 g/mol. The topological polar surface area (TPSA) is 63.6 Å². The van der Waals surface area contributed by atoms with E-state index in [-0.39, 0.29) is 10.8 Å². The Morgan fingerprint density at radius 1 is 1.25 bits per heavy atom. The van der Waals surface area contributed by atoms with Gasteiger partial charge in [-0.05, 0) is 62.8 Å². The first-order valence-electron chi connectivity index (χ1n) is 8.36. The third-order valence-corrected chi connectivity index (χ3v) is 8.10. The molecule has 28 heavy (non-hydrogen) atoms. The molecule has 3 heterocycles. The van der Waals surface area contributed by atoms with Crippen LogP contribution in [0, 0.1) is 17.8 Å². The minimum Gasteiger partial charge on any atom is -0.309 e. The van der Waals surface area contributed by atoms with Gasteiger partial charge in [-0.1, -0.05) is 34.7 Å². The molecule has 144 valence electrons. The first kappa shape index (κ1) is 19.8. The Morgan fingerprint density at radius 3 is 2.68 bits per heavy atom. The number of hydrogen-bond acceptors (Lipinski definition) is 7. The molecule has 1 aromatic carbocycles. The van der Waals surface area contributed by atoms with E-state index in [1.165, 1.54) is 23.1 Å². The molecule has 10 heteroatoms. The lowest BCUT2D eigenvalue weighted by atomic mass is 10.2. The molecule has 0 saturated heterocycles. The number of thioether (sulfide) groups is 1. The van der Waals surface area contributed by atoms with Gasteiger partial charge < -0.3 is 4.98 Å². The molecule has 0 fully saturated rings. The monoisotopic (exact) mass is 466 g/mol. The maximum absolute atomic E-state index is 12.5. The Hall–Kier alpha value is -1.52. The van der Waals surface area contributed by atoms with Crippen LogP contribution in [0.15, 0.2) is 33.4 Å². The van der Waals surface area contributed by atoms with Gasteiger partial charge in [-0.25, -0.2) is 9.67 Å². The average Bonchev–Trinajstić information content (AvgIpc) is 3.15. The molecule has 0 spiro atoms. The van der Waals surface area contributed by atoms with E-state index < -0.39 is 0 Å². The number of benzene rings is 1. The zero-order chi connectivity index (χ0) is 20.0. The summed E-state index contributed by atoms with van der Waals surface area (Å²) in [6, 6.07) is 7.37. The summed E-state index contributed by atoms with van der Waals surface area (Å²) in [4.78, 5) is 22.0. The minimum atomic E-state index is -0.0892. The molecule has 5 nitrogen and oxygen atoms in total. The Morgan fingerprint density at radius 2 is 1.96 bits per heavy atom. The fourth-order valence-corrected chi connectivity index (χ4v) is 6.45. The number of rotatable bonds is 4. The predicted octanol–water partition coefficient (Wildman–Crippen LogP) is 6.08. The molecule has 4 aromatic rings. The maximum atomic E-state index is 12.5. The lowest BCUT2D eigenvalue weighted by molar-refractivity contribution is 0.825. The second kappa shape index (κ2) is 7.72. The van der Waals surface area contributed by atoms with Crippen molar-refractivity contribution in [3.05, 3.63) is 59.9 Å². The van der Waals surface area contributed by atoms with Gasteiger partial charge in [-0.2, -0.15) is 0 Å². The molecule has 0 unspecified atom stereocenters. The fraction of sp³-hybridized carbons (Fsp3) is 0.222. The standard InChI is InChI=1S/C18H15ClN4OS4/c1-8-9(2)26-16-13(8)15(24)20-14(21-16)10(3)27-17-22-23(18(25)28-17)12-6-4-11(19)5-7-12/h4-7,10H,1-3H3,(H,20,21,24)/t10-/m0/s1. The van der Waals surface area contributed by atoms with E-state index in [4.69, 9.17) is 23.8 Å². The summed E-state index contributed by atoms with van der Waals surface area (Å²) < 4.78 is 3.18. The Kier molecular flexibility index (Phi) is 5.45. The van der Waals surface area contributed by atoms with Crippen LogP contribution in [0.4, 0.5) is 0 Å². The Labute approximate surface area is 183 Å². The van der Waals surface area contributed by atoms with E-state index in [2.05, 4.69) is 15.1 Å². The number of aromatic nitrogens is 4. The number of nitrogens with zero attached hydrogens (tertiary/aromatic N) is 3. The number of halogens is 1. The predicted molar refractivity (Wildman–Crippen MR) is 121 cm³/mol. The van der Waals surface area contributed by atoms with Crippen LogP contribution >= 0.6 is 58.3 Å². The molecule has 0 aliphatic rings. The largest absolute Gasteiger partial charge is 0.309 e. The fourth-order valence-electron chi connectivity index (χ4n) is 2.72. The summed E-state index contributed by atoms with van der Waals surface area (Å²) in [6.45, 7) is 5.97. The first-order chi connectivity index (χ1) is 13.3. The van der Waals surface area contributed by atoms with E-state index >= 15 is 0 Å². The van der Waals surface area contributed by atoms with Crippen LogP contribution in [0.1, 0.15) is 28.4 Å². The highest BCUT2D eigenvalue weighted by atomic mass is 35.5. The summed E-state index contributed by atoms with van der Waals surface area (Å²) >= 11 is 15.9. The van der Waals surface area contributed by atoms with Crippen molar-refractivity contribution in [2.45, 2.75) is 30.4 Å². The van der Waals surface area contributed by atoms with Crippen molar-refractivity contribution in [2.24, 2.45) is 0 Å². The van der Waals surface area contributed by atoms with Gasteiger partial charge in [0.15, 0.2) is 8.29 Å². The van der Waals surface area contributed by atoms with E-state index in [0.29, 0.717) is 20.2 Å². The highest BCUT2D eigenvalue weighted by molar-refractivity contribution is 8.01. The molecule has 0 radical (unpaired) electrons. The molecule has 0 aliphatic heterocycles. The smallest absolute Gasteiger partial charge is 0.259 e. The molecule has 4 rings (SSSR count). The van der Waals surface area contributed by atoms with Crippen molar-refractivity contribution in [3.63, 3.8) is 0 Å². The third kappa shape index (κ3) is 3.69. The van der Waals surface area contributed by atoms with Crippen molar-refractivity contribution in [1.29, 1.82) is 0 Å². The second-order valence-corrected chi connectivity index (χ2v) is 11.0. The summed E-state index contributed by atoms with van der Waals surface area (Å²) in [7, 11) is 0. The Bertz CT molecular complexity index is 1290. The molecule has 3 aromatic heterocycles. The average molecular weight is 467 g/mol. The third-order valence-electron chi connectivity index (χ3n) is 4.32. The van der Waals surface area contributed by atoms with Gasteiger partial charge in [0.2, 0.25) is 0 Å². The number of aryl methyl sites for hydroxylation is 2. The Balaban J connectivity index is 1.64. The van der Waals surface area contributed by atoms with Crippen molar-refractivity contribution < 1.29 is 0 Å². The van der Waals surface area contributed by atoms with E-state index in [9.17, 15) is 4.79 Å². The summed E-state index contributed by atoms with van der Waals surface area (Å²) in [5, 5.41) is 5.89. The molecule has 0 aliphatic carbocycles. The van der Waals surface area contributed by atoms with Crippen LogP contribution in [-0.4, -0.2) is 19.7 Å². The maximum Gasteiger partial charge on any atom is 0.259 e. The number of fused-ring (bicyclic) bond motifs is 1. The molecule has 0 bridgehead atoms. The van der Waals surface area contributed by atoms with Crippen molar-refractivity contribution in [1.82, 2.24) is 19.7 Å². The lowest BCUT2D eigenvalue weighted by Crippen LogP contribution is -2.12. The van der Waals surface area contributed by atoms with Crippen molar-refractivity contribution in [2.75, 3.05) is 0 Å². The number of nitrogens with one attached hydrogen (secondary N) is 1. The highest BCUT2D eigenvalue weighted by Crippen LogP contribution is 2.36. The number of H-pyrrole nitrogens is 1. The van der Waals surface area contributed by atoms with E-state index in [1.54, 1.807) is 16.0 Å². The van der Waals surface area contributed by atoms with Crippen molar-refractivity contribution in [3.8, 4) is 5.69 Å². The van der Waals surface area contributed by atoms with Crippen LogP contribution in [0.3, 0.4) is 0 Å². The van der Waals surface area contributed by atoms with Crippen LogP contribution in [0.25, 0.3) is 15.9 Å². The SMILES string of the molecule is Cc1sc2nc([C@H](C)Sc3nn(-c4ccc(Cl)cc4)c(=S)s3)[nH]c(=O)c2c1C.